The van der Waals surface area contributed by atoms with Crippen molar-refractivity contribution >= 4 is 29.5 Å². The van der Waals surface area contributed by atoms with E-state index in [0.29, 0.717) is 13.0 Å². The molecule has 1 aliphatic rings. The summed E-state index contributed by atoms with van der Waals surface area (Å²) in [6.07, 6.45) is -1.17. The van der Waals surface area contributed by atoms with Gasteiger partial charge >= 0.3 is 18.2 Å². The lowest BCUT2D eigenvalue weighted by Crippen LogP contribution is -2.48. The fourth-order valence-corrected chi connectivity index (χ4v) is 4.80. The molecule has 44 heavy (non-hydrogen) atoms. The maximum absolute atomic E-state index is 16.3. The van der Waals surface area contributed by atoms with Crippen LogP contribution in [0, 0.1) is 11.7 Å². The van der Waals surface area contributed by atoms with Crippen molar-refractivity contribution in [2.45, 2.75) is 92.1 Å². The summed E-state index contributed by atoms with van der Waals surface area (Å²) in [5.41, 5.74) is -0.461. The monoisotopic (exact) mass is 615 g/mol. The van der Waals surface area contributed by atoms with Crippen molar-refractivity contribution in [3.8, 4) is 5.75 Å². The van der Waals surface area contributed by atoms with Gasteiger partial charge in [-0.2, -0.15) is 0 Å². The average molecular weight is 616 g/mol. The van der Waals surface area contributed by atoms with Gasteiger partial charge in [0.2, 0.25) is 0 Å². The summed E-state index contributed by atoms with van der Waals surface area (Å²) in [5.74, 6) is -0.982. The van der Waals surface area contributed by atoms with E-state index >= 15 is 4.39 Å². The van der Waals surface area contributed by atoms with Crippen molar-refractivity contribution < 1.29 is 38.1 Å². The second kappa shape index (κ2) is 14.2. The number of carbonyl (C=O) groups is 3. The number of carboxylic acid groups (broad SMARTS) is 1. The zero-order chi connectivity index (χ0) is 32.8. The molecule has 0 unspecified atom stereocenters. The predicted octanol–water partition coefficient (Wildman–Crippen LogP) is 6.85. The van der Waals surface area contributed by atoms with E-state index in [4.69, 9.17) is 14.2 Å². The Balaban J connectivity index is 1.98. The van der Waals surface area contributed by atoms with Crippen LogP contribution in [0.5, 0.6) is 5.75 Å². The quantitative estimate of drug-likeness (QED) is 0.264. The molecule has 0 saturated heterocycles. The highest BCUT2D eigenvalue weighted by Crippen LogP contribution is 2.43. The Kier molecular flexibility index (Phi) is 11.1. The second-order valence-corrected chi connectivity index (χ2v) is 13.4. The van der Waals surface area contributed by atoms with Crippen molar-refractivity contribution in [1.29, 1.82) is 0 Å². The van der Waals surface area contributed by atoms with Gasteiger partial charge in [0.05, 0.1) is 11.7 Å². The van der Waals surface area contributed by atoms with Gasteiger partial charge in [-0.25, -0.2) is 14.0 Å². The number of hydrogen-bond donors (Lipinski definition) is 2. The summed E-state index contributed by atoms with van der Waals surface area (Å²) in [5, 5.41) is 13.1. The Morgan fingerprint density at radius 3 is 2.27 bits per heavy atom. The Morgan fingerprint density at radius 2 is 1.70 bits per heavy atom. The summed E-state index contributed by atoms with van der Waals surface area (Å²) >= 11 is 0. The van der Waals surface area contributed by atoms with E-state index in [-0.39, 0.29) is 54.7 Å². The first-order valence-corrected chi connectivity index (χ1v) is 14.9. The molecule has 242 valence electrons. The van der Waals surface area contributed by atoms with Crippen LogP contribution in [0.1, 0.15) is 72.9 Å². The van der Waals surface area contributed by atoms with Gasteiger partial charge in [-0.1, -0.05) is 44.2 Å². The van der Waals surface area contributed by atoms with Gasteiger partial charge in [-0.05, 0) is 59.4 Å². The minimum absolute atomic E-state index is 0.00291. The van der Waals surface area contributed by atoms with Gasteiger partial charge < -0.3 is 29.5 Å². The smallest absolute Gasteiger partial charge is 0.412 e. The second-order valence-electron chi connectivity index (χ2n) is 13.4. The van der Waals surface area contributed by atoms with Gasteiger partial charge in [0.1, 0.15) is 35.8 Å². The van der Waals surface area contributed by atoms with Crippen LogP contribution in [-0.4, -0.2) is 65.0 Å². The van der Waals surface area contributed by atoms with Gasteiger partial charge in [0, 0.05) is 31.1 Å². The summed E-state index contributed by atoms with van der Waals surface area (Å²) in [6, 6.07) is 9.93. The third-order valence-corrected chi connectivity index (χ3v) is 6.70. The molecule has 1 atom stereocenters. The molecule has 1 heterocycles. The maximum Gasteiger partial charge on any atom is 0.412 e. The maximum atomic E-state index is 16.3. The van der Waals surface area contributed by atoms with Crippen LogP contribution in [-0.2, 0) is 27.3 Å². The Labute approximate surface area is 259 Å². The van der Waals surface area contributed by atoms with Crippen LogP contribution in [0.3, 0.4) is 0 Å². The highest BCUT2D eigenvalue weighted by molar-refractivity contribution is 5.92. The third-order valence-electron chi connectivity index (χ3n) is 6.70. The molecule has 0 bridgehead atoms. The van der Waals surface area contributed by atoms with Gasteiger partial charge in [0.25, 0.3) is 0 Å². The lowest BCUT2D eigenvalue weighted by Gasteiger charge is -2.32. The highest BCUT2D eigenvalue weighted by atomic mass is 19.1. The predicted molar refractivity (Wildman–Crippen MR) is 167 cm³/mol. The minimum atomic E-state index is -1.29. The molecular formula is C33H46FN3O7. The lowest BCUT2D eigenvalue weighted by atomic mass is 10.1. The Bertz CT molecular complexity index is 1320. The zero-order valence-electron chi connectivity index (χ0n) is 27.0. The summed E-state index contributed by atoms with van der Waals surface area (Å²) < 4.78 is 33.3. The van der Waals surface area contributed by atoms with Crippen LogP contribution in [0.2, 0.25) is 0 Å². The number of hydrogen-bond acceptors (Lipinski definition) is 7. The molecule has 0 aliphatic carbocycles. The molecule has 0 saturated carbocycles. The van der Waals surface area contributed by atoms with Crippen LogP contribution in [0.4, 0.5) is 25.4 Å². The number of fused-ring (bicyclic) bond motifs is 1. The third kappa shape index (κ3) is 9.75. The topological polar surface area (TPSA) is 118 Å². The van der Waals surface area contributed by atoms with Crippen molar-refractivity contribution in [3.05, 3.63) is 53.3 Å². The first-order valence-electron chi connectivity index (χ1n) is 14.9. The lowest BCUT2D eigenvalue weighted by molar-refractivity contribution is -0.152. The number of anilines is 2. The molecule has 10 nitrogen and oxygen atoms in total. The molecule has 1 aliphatic heterocycles. The molecule has 2 amide bonds. The van der Waals surface area contributed by atoms with E-state index in [1.165, 1.54) is 11.0 Å². The number of esters is 1. The summed E-state index contributed by atoms with van der Waals surface area (Å²) in [4.78, 5) is 40.8. The van der Waals surface area contributed by atoms with Crippen LogP contribution < -0.4 is 15.0 Å². The SMILES string of the molecule is CC(C)CCN(C[C@H]1Cc2c(cc(OCc3ccccc3)c(NCC(=O)OC(C)(C)C)c2F)N1C(=O)O)C(=O)OC(C)(C)C. The first kappa shape index (κ1) is 34.5. The average Bonchev–Trinajstić information content (AvgIpc) is 3.26. The van der Waals surface area contributed by atoms with Crippen molar-refractivity contribution in [2.24, 2.45) is 5.92 Å². The molecule has 2 N–H and O–H groups in total. The number of halogens is 1. The number of nitrogens with zero attached hydrogens (tertiary/aromatic N) is 2. The van der Waals surface area contributed by atoms with E-state index in [1.807, 2.05) is 44.2 Å². The first-order chi connectivity index (χ1) is 20.4. The number of nitrogens with one attached hydrogen (secondary N) is 1. The molecule has 0 aromatic heterocycles. The summed E-state index contributed by atoms with van der Waals surface area (Å²) in [7, 11) is 0. The number of ether oxygens (including phenoxy) is 3. The van der Waals surface area contributed by atoms with Crippen molar-refractivity contribution in [2.75, 3.05) is 29.9 Å². The Morgan fingerprint density at radius 1 is 1.07 bits per heavy atom. The van der Waals surface area contributed by atoms with Crippen LogP contribution >= 0.6 is 0 Å². The molecule has 0 radical (unpaired) electrons. The van der Waals surface area contributed by atoms with Crippen molar-refractivity contribution in [1.82, 2.24) is 4.90 Å². The van der Waals surface area contributed by atoms with E-state index < -0.39 is 41.2 Å². The molecule has 0 fully saturated rings. The number of benzene rings is 2. The molecule has 2 aromatic carbocycles. The highest BCUT2D eigenvalue weighted by Gasteiger charge is 2.40. The molecule has 3 rings (SSSR count). The van der Waals surface area contributed by atoms with E-state index in [1.54, 1.807) is 41.5 Å². The van der Waals surface area contributed by atoms with E-state index in [2.05, 4.69) is 5.32 Å². The summed E-state index contributed by atoms with van der Waals surface area (Å²) in [6.45, 7) is 14.6. The zero-order valence-corrected chi connectivity index (χ0v) is 27.0. The molecule has 11 heteroatoms. The number of carbonyl (C=O) groups excluding carboxylic acids is 2. The number of amides is 2. The number of rotatable bonds is 11. The molecule has 0 spiro atoms. The van der Waals surface area contributed by atoms with Crippen LogP contribution in [0.25, 0.3) is 0 Å². The molecular weight excluding hydrogens is 569 g/mol. The standard InChI is InChI=1S/C33H46FN3O7/c1-21(2)14-15-36(31(41)44-33(6,7)8)19-23-16-24-25(37(23)30(39)40)17-26(42-20-22-12-10-9-11-13-22)29(28(24)34)35-18-27(38)43-32(3,4)5/h9-13,17,21,23,35H,14-16,18-20H2,1-8H3,(H,39,40)/t23-/m1/s1. The van der Waals surface area contributed by atoms with E-state index in [0.717, 1.165) is 10.5 Å². The van der Waals surface area contributed by atoms with E-state index in [9.17, 15) is 19.5 Å². The van der Waals surface area contributed by atoms with Gasteiger partial charge in [-0.15, -0.1) is 0 Å². The van der Waals surface area contributed by atoms with Gasteiger partial charge in [0.15, 0.2) is 5.82 Å². The fourth-order valence-electron chi connectivity index (χ4n) is 4.80. The van der Waals surface area contributed by atoms with Crippen molar-refractivity contribution in [3.63, 3.8) is 0 Å². The van der Waals surface area contributed by atoms with Gasteiger partial charge in [-0.3, -0.25) is 9.69 Å². The Hall–Kier alpha value is -4.02. The largest absolute Gasteiger partial charge is 0.487 e. The van der Waals surface area contributed by atoms with Crippen LogP contribution in [0.15, 0.2) is 36.4 Å². The molecule has 2 aromatic rings. The minimum Gasteiger partial charge on any atom is -0.487 e. The normalized spacial score (nSPS) is 14.7. The fraction of sp³-hybridized carbons (Fsp3) is 0.545.